The van der Waals surface area contributed by atoms with E-state index in [0.29, 0.717) is 22.6 Å². The first-order chi connectivity index (χ1) is 10.5. The van der Waals surface area contributed by atoms with Gasteiger partial charge in [-0.1, -0.05) is 0 Å². The summed E-state index contributed by atoms with van der Waals surface area (Å²) < 4.78 is 10.5. The molecule has 22 heavy (non-hydrogen) atoms. The van der Waals surface area contributed by atoms with Gasteiger partial charge in [0.2, 0.25) is 6.79 Å². The molecule has 1 aromatic carbocycles. The molecule has 1 aliphatic carbocycles. The third-order valence-electron chi connectivity index (χ3n) is 4.62. The average molecular weight is 309 g/mol. The van der Waals surface area contributed by atoms with Crippen LogP contribution in [0.15, 0.2) is 12.1 Å². The molecule has 0 saturated heterocycles. The fraction of sp³-hybridized carbons (Fsp3) is 0.500. The Kier molecular flexibility index (Phi) is 2.85. The number of carbonyl (C=O) groups is 1. The molecule has 5 N–H and O–H groups in total. The number of benzene rings is 1. The lowest BCUT2D eigenvalue weighted by Gasteiger charge is -2.47. The van der Waals surface area contributed by atoms with Gasteiger partial charge >= 0.3 is 0 Å². The van der Waals surface area contributed by atoms with Gasteiger partial charge in [-0.3, -0.25) is 4.79 Å². The van der Waals surface area contributed by atoms with Crippen molar-refractivity contribution >= 4 is 5.91 Å². The molecule has 4 rings (SSSR count). The molecule has 0 spiro atoms. The molecule has 2 aliphatic heterocycles. The number of rotatable bonds is 0. The largest absolute Gasteiger partial charge is 0.454 e. The van der Waals surface area contributed by atoms with Crippen molar-refractivity contribution in [3.63, 3.8) is 0 Å². The molecule has 0 radical (unpaired) electrons. The number of carbonyl (C=O) groups excluding carboxylic acids is 1. The molecule has 4 unspecified atom stereocenters. The van der Waals surface area contributed by atoms with Gasteiger partial charge in [-0.2, -0.15) is 0 Å². The zero-order valence-electron chi connectivity index (χ0n) is 11.3. The normalized spacial score (nSPS) is 39.0. The van der Waals surface area contributed by atoms with Crippen molar-refractivity contribution in [3.05, 3.63) is 23.3 Å². The first-order valence-electron chi connectivity index (χ1n) is 6.95. The van der Waals surface area contributed by atoms with Crippen LogP contribution in [0.25, 0.3) is 0 Å². The Balaban J connectivity index is 1.86. The summed E-state index contributed by atoms with van der Waals surface area (Å²) in [6, 6.07) is 2.20. The fourth-order valence-corrected chi connectivity index (χ4v) is 3.47. The smallest absolute Gasteiger partial charge is 0.252 e. The maximum absolute atomic E-state index is 12.2. The van der Waals surface area contributed by atoms with Crippen molar-refractivity contribution in [1.82, 2.24) is 5.32 Å². The molecule has 0 aromatic heterocycles. The van der Waals surface area contributed by atoms with Gasteiger partial charge < -0.3 is 35.2 Å². The van der Waals surface area contributed by atoms with Gasteiger partial charge in [0.25, 0.3) is 5.91 Å². The quantitative estimate of drug-likeness (QED) is 0.377. The Morgan fingerprint density at radius 3 is 2.32 bits per heavy atom. The molecule has 1 fully saturated rings. The van der Waals surface area contributed by atoms with E-state index in [1.807, 2.05) is 0 Å². The van der Waals surface area contributed by atoms with Crippen LogP contribution in [0, 0.1) is 0 Å². The average Bonchev–Trinajstić information content (AvgIpc) is 2.96. The molecule has 1 saturated carbocycles. The minimum atomic E-state index is -1.54. The number of hydrogen-bond acceptors (Lipinski definition) is 7. The van der Waals surface area contributed by atoms with E-state index < -0.39 is 42.3 Å². The van der Waals surface area contributed by atoms with E-state index in [4.69, 9.17) is 9.47 Å². The van der Waals surface area contributed by atoms with Gasteiger partial charge in [-0.25, -0.2) is 0 Å². The SMILES string of the molecule is O=C1N[C@H]2C(O)C(O)[C@@H](O)C(O)C2c2cc3c(cc21)OCO3. The number of amides is 1. The number of aliphatic hydroxyl groups excluding tert-OH is 4. The van der Waals surface area contributed by atoms with E-state index in [-0.39, 0.29) is 6.79 Å². The summed E-state index contributed by atoms with van der Waals surface area (Å²) in [5, 5.41) is 42.7. The van der Waals surface area contributed by atoms with Gasteiger partial charge in [0.1, 0.15) is 18.3 Å². The van der Waals surface area contributed by atoms with Crippen molar-refractivity contribution in [2.24, 2.45) is 0 Å². The standard InChI is InChI=1S/C14H15NO7/c16-10-8-4-1-6-7(22-3-21-6)2-5(4)14(20)15-9(8)11(17)13(19)12(10)18/h1-2,8-13,16-19H,3H2,(H,15,20)/t8?,9-,10?,11?,12+,13?/m1/s1. The van der Waals surface area contributed by atoms with Crippen LogP contribution in [0.2, 0.25) is 0 Å². The van der Waals surface area contributed by atoms with Gasteiger partial charge in [0.15, 0.2) is 11.5 Å². The molecular formula is C14H15NO7. The number of ether oxygens (including phenoxy) is 2. The molecule has 1 aromatic rings. The third-order valence-corrected chi connectivity index (χ3v) is 4.62. The second-order valence-electron chi connectivity index (χ2n) is 5.78. The summed E-state index contributed by atoms with van der Waals surface area (Å²) in [5.41, 5.74) is 0.746. The van der Waals surface area contributed by atoms with Crippen LogP contribution in [-0.2, 0) is 0 Å². The maximum atomic E-state index is 12.2. The molecule has 2 heterocycles. The topological polar surface area (TPSA) is 128 Å². The Bertz CT molecular complexity index is 648. The summed E-state index contributed by atoms with van der Waals surface area (Å²) in [7, 11) is 0. The third kappa shape index (κ3) is 1.69. The van der Waals surface area contributed by atoms with E-state index in [2.05, 4.69) is 5.32 Å². The Morgan fingerprint density at radius 1 is 0.955 bits per heavy atom. The minimum absolute atomic E-state index is 0.0421. The maximum Gasteiger partial charge on any atom is 0.252 e. The second kappa shape index (κ2) is 4.56. The van der Waals surface area contributed by atoms with Crippen LogP contribution < -0.4 is 14.8 Å². The first-order valence-corrected chi connectivity index (χ1v) is 6.95. The van der Waals surface area contributed by atoms with Crippen molar-refractivity contribution in [2.45, 2.75) is 36.4 Å². The van der Waals surface area contributed by atoms with Crippen LogP contribution in [0.4, 0.5) is 0 Å². The number of hydrogen-bond donors (Lipinski definition) is 5. The van der Waals surface area contributed by atoms with Crippen molar-refractivity contribution in [2.75, 3.05) is 6.79 Å². The van der Waals surface area contributed by atoms with Crippen LogP contribution in [0.1, 0.15) is 21.8 Å². The molecule has 3 aliphatic rings. The molecule has 1 amide bonds. The lowest BCUT2D eigenvalue weighted by Crippen LogP contribution is -2.66. The second-order valence-corrected chi connectivity index (χ2v) is 5.78. The highest BCUT2D eigenvalue weighted by atomic mass is 16.7. The summed E-state index contributed by atoms with van der Waals surface area (Å²) in [5.74, 6) is -0.326. The summed E-state index contributed by atoms with van der Waals surface area (Å²) in [6.07, 6.45) is -5.76. The molecule has 8 nitrogen and oxygen atoms in total. The number of nitrogens with one attached hydrogen (secondary N) is 1. The van der Waals surface area contributed by atoms with Crippen molar-refractivity contribution in [3.8, 4) is 11.5 Å². The number of fused-ring (bicyclic) bond motifs is 4. The molecule has 8 heteroatoms. The molecular weight excluding hydrogens is 294 g/mol. The predicted molar refractivity (Wildman–Crippen MR) is 70.6 cm³/mol. The molecule has 0 bridgehead atoms. The highest BCUT2D eigenvalue weighted by Crippen LogP contribution is 2.44. The molecule has 6 atom stereocenters. The van der Waals surface area contributed by atoms with Gasteiger partial charge in [-0.05, 0) is 17.7 Å². The van der Waals surface area contributed by atoms with E-state index in [1.54, 1.807) is 6.07 Å². The van der Waals surface area contributed by atoms with Crippen LogP contribution in [0.5, 0.6) is 11.5 Å². The van der Waals surface area contributed by atoms with E-state index >= 15 is 0 Å². The lowest BCUT2D eigenvalue weighted by molar-refractivity contribution is -0.155. The number of aliphatic hydroxyl groups is 4. The van der Waals surface area contributed by atoms with E-state index in [1.165, 1.54) is 6.07 Å². The Labute approximate surface area is 124 Å². The molecule has 118 valence electrons. The van der Waals surface area contributed by atoms with Crippen LogP contribution in [0.3, 0.4) is 0 Å². The highest BCUT2D eigenvalue weighted by Gasteiger charge is 2.52. The van der Waals surface area contributed by atoms with Crippen LogP contribution >= 0.6 is 0 Å². The van der Waals surface area contributed by atoms with Crippen LogP contribution in [-0.4, -0.2) is 63.6 Å². The summed E-state index contributed by atoms with van der Waals surface area (Å²) >= 11 is 0. The van der Waals surface area contributed by atoms with Gasteiger partial charge in [0.05, 0.1) is 12.1 Å². The summed E-state index contributed by atoms with van der Waals surface area (Å²) in [4.78, 5) is 12.2. The predicted octanol–water partition coefficient (Wildman–Crippen LogP) is -1.93. The van der Waals surface area contributed by atoms with Crippen molar-refractivity contribution in [1.29, 1.82) is 0 Å². The zero-order chi connectivity index (χ0) is 15.6. The minimum Gasteiger partial charge on any atom is -0.454 e. The monoisotopic (exact) mass is 309 g/mol. The van der Waals surface area contributed by atoms with Gasteiger partial charge in [0, 0.05) is 11.5 Å². The summed E-state index contributed by atoms with van der Waals surface area (Å²) in [6.45, 7) is 0.0421. The Hall–Kier alpha value is -1.87. The van der Waals surface area contributed by atoms with Crippen molar-refractivity contribution < 1.29 is 34.7 Å². The zero-order valence-corrected chi connectivity index (χ0v) is 11.3. The van der Waals surface area contributed by atoms with Gasteiger partial charge in [-0.15, -0.1) is 0 Å². The van der Waals surface area contributed by atoms with E-state index in [0.717, 1.165) is 0 Å². The first kappa shape index (κ1) is 13.8. The highest BCUT2D eigenvalue weighted by molar-refractivity contribution is 5.98. The van der Waals surface area contributed by atoms with E-state index in [9.17, 15) is 25.2 Å². The lowest BCUT2D eigenvalue weighted by atomic mass is 9.70. The fourth-order valence-electron chi connectivity index (χ4n) is 3.47. The Morgan fingerprint density at radius 2 is 1.59 bits per heavy atom.